The molecular formula is C62H80FN11O6. The summed E-state index contributed by atoms with van der Waals surface area (Å²) in [5.41, 5.74) is 14.2. The monoisotopic (exact) mass is 1090 g/mol. The number of nitrogens with zero attached hydrogens (tertiary/aromatic N) is 6. The van der Waals surface area contributed by atoms with E-state index in [0.29, 0.717) is 67.5 Å². The molecule has 2 aromatic heterocycles. The lowest BCUT2D eigenvalue weighted by molar-refractivity contribution is -0.147. The van der Waals surface area contributed by atoms with E-state index < -0.39 is 29.4 Å². The van der Waals surface area contributed by atoms with Gasteiger partial charge < -0.3 is 46.4 Å². The Labute approximate surface area is 470 Å². The summed E-state index contributed by atoms with van der Waals surface area (Å²) in [6.45, 7) is 9.98. The zero-order chi connectivity index (χ0) is 56.7. The van der Waals surface area contributed by atoms with Crippen LogP contribution in [0, 0.1) is 11.2 Å². The number of carbonyl (C=O) groups excluding carboxylic acids is 5. The van der Waals surface area contributed by atoms with Crippen LogP contribution < -0.4 is 36.6 Å². The molecular weight excluding hydrogens is 1010 g/mol. The zero-order valence-electron chi connectivity index (χ0n) is 47.4. The summed E-state index contributed by atoms with van der Waals surface area (Å²) < 4.78 is 22.8. The minimum atomic E-state index is -0.871. The number of fused-ring (bicyclic) bond motifs is 10. The van der Waals surface area contributed by atoms with E-state index in [0.717, 1.165) is 104 Å². The lowest BCUT2D eigenvalue weighted by Crippen LogP contribution is -2.62. The normalized spacial score (nSPS) is 18.5. The number of benzene rings is 3. The van der Waals surface area contributed by atoms with Crippen molar-refractivity contribution in [3.63, 3.8) is 0 Å². The van der Waals surface area contributed by atoms with Gasteiger partial charge in [-0.1, -0.05) is 76.8 Å². The van der Waals surface area contributed by atoms with Crippen LogP contribution in [0.25, 0.3) is 11.1 Å². The number of aromatic nitrogens is 3. The van der Waals surface area contributed by atoms with Crippen molar-refractivity contribution in [1.82, 2.24) is 45.8 Å². The van der Waals surface area contributed by atoms with Gasteiger partial charge in [0.05, 0.1) is 49.2 Å². The molecule has 0 saturated carbocycles. The number of ether oxygens (including phenoxy) is 1. The van der Waals surface area contributed by atoms with Crippen LogP contribution in [-0.4, -0.2) is 106 Å². The van der Waals surface area contributed by atoms with Gasteiger partial charge in [-0.25, -0.2) is 9.37 Å². The van der Waals surface area contributed by atoms with Crippen LogP contribution in [0.2, 0.25) is 0 Å². The Morgan fingerprint density at radius 2 is 1.68 bits per heavy atom. The molecule has 5 atom stereocenters. The van der Waals surface area contributed by atoms with E-state index in [-0.39, 0.29) is 54.7 Å². The molecule has 9 rings (SSSR count). The van der Waals surface area contributed by atoms with Crippen molar-refractivity contribution in [2.75, 3.05) is 44.4 Å². The molecule has 426 valence electrons. The first-order chi connectivity index (χ1) is 38.5. The molecule has 5 aromatic rings. The van der Waals surface area contributed by atoms with Crippen LogP contribution in [0.1, 0.15) is 154 Å². The van der Waals surface area contributed by atoms with Gasteiger partial charge in [0.1, 0.15) is 29.5 Å². The van der Waals surface area contributed by atoms with Crippen LogP contribution >= 0.6 is 0 Å². The Morgan fingerprint density at radius 1 is 0.887 bits per heavy atom. The molecule has 3 aliphatic heterocycles. The number of hydrogen-bond acceptors (Lipinski definition) is 11. The Balaban J connectivity index is 0.735. The average Bonchev–Trinajstić information content (AvgIpc) is 4.21. The Kier molecular flexibility index (Phi) is 18.2. The summed E-state index contributed by atoms with van der Waals surface area (Å²) in [5, 5.41) is 17.2. The second-order valence-electron chi connectivity index (χ2n) is 23.3. The van der Waals surface area contributed by atoms with Crippen molar-refractivity contribution in [3.8, 4) is 16.9 Å². The summed E-state index contributed by atoms with van der Waals surface area (Å²) in [7, 11) is 3.43. The molecule has 1 saturated heterocycles. The van der Waals surface area contributed by atoms with E-state index in [4.69, 9.17) is 15.6 Å². The number of anilines is 2. The second kappa shape index (κ2) is 25.4. The molecule has 1 aliphatic carbocycles. The second-order valence-corrected chi connectivity index (χ2v) is 23.3. The van der Waals surface area contributed by atoms with E-state index in [2.05, 4.69) is 43.3 Å². The fraction of sp³-hybridized carbons (Fsp3) is 0.500. The van der Waals surface area contributed by atoms with Gasteiger partial charge in [-0.3, -0.25) is 28.7 Å². The first-order valence-corrected chi connectivity index (χ1v) is 28.8. The van der Waals surface area contributed by atoms with Crippen molar-refractivity contribution >= 4 is 41.0 Å². The van der Waals surface area contributed by atoms with Crippen LogP contribution in [0.4, 0.5) is 15.9 Å². The highest BCUT2D eigenvalue weighted by Gasteiger charge is 2.43. The van der Waals surface area contributed by atoms with Crippen molar-refractivity contribution in [2.45, 2.75) is 161 Å². The molecule has 80 heavy (non-hydrogen) atoms. The van der Waals surface area contributed by atoms with Gasteiger partial charge >= 0.3 is 0 Å². The van der Waals surface area contributed by atoms with Crippen molar-refractivity contribution < 1.29 is 33.1 Å². The fourth-order valence-corrected chi connectivity index (χ4v) is 11.8. The van der Waals surface area contributed by atoms with Gasteiger partial charge in [0.15, 0.2) is 0 Å². The van der Waals surface area contributed by atoms with E-state index in [1.54, 1.807) is 47.8 Å². The third-order valence-electron chi connectivity index (χ3n) is 16.5. The lowest BCUT2D eigenvalue weighted by Gasteiger charge is -2.41. The number of nitrogens with two attached hydrogens (primary N) is 1. The molecule has 6 N–H and O–H groups in total. The van der Waals surface area contributed by atoms with Crippen molar-refractivity contribution in [2.24, 2.45) is 5.41 Å². The third-order valence-corrected chi connectivity index (χ3v) is 16.5. The van der Waals surface area contributed by atoms with Gasteiger partial charge in [0, 0.05) is 68.6 Å². The molecule has 18 heteroatoms. The minimum absolute atomic E-state index is 0.0146. The highest BCUT2D eigenvalue weighted by atomic mass is 19.1. The maximum absolute atomic E-state index is 14.8. The van der Waals surface area contributed by atoms with Gasteiger partial charge in [-0.05, 0) is 129 Å². The maximum Gasteiger partial charge on any atom is 0.254 e. The zero-order valence-corrected chi connectivity index (χ0v) is 47.4. The van der Waals surface area contributed by atoms with Gasteiger partial charge in [0.25, 0.3) is 5.91 Å². The fourth-order valence-electron chi connectivity index (χ4n) is 11.8. The van der Waals surface area contributed by atoms with Gasteiger partial charge in [0.2, 0.25) is 23.6 Å². The number of nitrogen functional groups attached to an aromatic ring is 1. The highest BCUT2D eigenvalue weighted by Crippen LogP contribution is 2.42. The minimum Gasteiger partial charge on any atom is -0.494 e. The molecule has 4 aliphatic rings. The van der Waals surface area contributed by atoms with Crippen LogP contribution in [0.15, 0.2) is 79.1 Å². The Hall–Kier alpha value is -7.34. The molecule has 17 nitrogen and oxygen atoms in total. The predicted octanol–water partition coefficient (Wildman–Crippen LogP) is 8.11. The van der Waals surface area contributed by atoms with Crippen molar-refractivity contribution in [3.05, 3.63) is 124 Å². The molecule has 0 unspecified atom stereocenters. The van der Waals surface area contributed by atoms with Crippen LogP contribution in [-0.2, 0) is 51.7 Å². The summed E-state index contributed by atoms with van der Waals surface area (Å²) in [4.78, 5) is 79.3. The number of pyridine rings is 1. The molecule has 3 aromatic carbocycles. The van der Waals surface area contributed by atoms with Gasteiger partial charge in [-0.2, -0.15) is 5.10 Å². The van der Waals surface area contributed by atoms with Crippen molar-refractivity contribution in [1.29, 1.82) is 0 Å². The largest absolute Gasteiger partial charge is 0.494 e. The van der Waals surface area contributed by atoms with E-state index in [1.165, 1.54) is 17.7 Å². The maximum atomic E-state index is 14.8. The molecule has 0 radical (unpaired) electrons. The molecule has 5 amide bonds. The van der Waals surface area contributed by atoms with Crippen LogP contribution in [0.5, 0.6) is 5.75 Å². The third kappa shape index (κ3) is 13.3. The standard InChI is InChI=1S/C62H80FN11O6/c1-39(65-5)58(76)69-56(62(2,3)4)61(79)74-36-43-31-45(25-23-41(43)32-54(74)59(77)68-50-20-15-18-40-17-12-13-19-46(40)50)80-30-14-10-8-7-9-11-22-55(75)66-27-29-72-37-49-42-33-53(57(64)67-35-42)73-28-16-21-52(73)48-34-44(63)24-26-47(48)60(78)71(6)38-51(49)70-72/h12-13,17,19,23-26,31,33-35,37,39,50,52,54,56,65H,7-11,14-16,18,20-22,27-30,32,36,38H2,1-6H3,(H2,64,67)(H,66,75)(H,68,77)(H,69,76)/t39-,50+,52+,54-,56+/m0/s1. The molecule has 0 spiro atoms. The highest BCUT2D eigenvalue weighted by molar-refractivity contribution is 5.96. The Morgan fingerprint density at radius 3 is 2.48 bits per heavy atom. The number of unbranched alkanes of at least 4 members (excludes halogenated alkanes) is 5. The number of aryl methyl sites for hydroxylation is 1. The SMILES string of the molecule is CN[C@@H](C)C(=O)N[C@H](C(=O)N1Cc2cc(OCCCCCCCCC(=O)NCCn3cc4c(n3)CN(C)C(=O)c3ccc(F)cc3[C@H]3CCCN3c3cc-4cnc3N)ccc2C[C@H]1C(=O)N[C@@H]1CCCc2ccccc21)C(C)(C)C. The number of nitrogens with one attached hydrogen (secondary N) is 4. The number of carbonyl (C=O) groups is 5. The predicted molar refractivity (Wildman–Crippen MR) is 307 cm³/mol. The number of likely N-dealkylation sites (N-methyl/N-ethyl adjacent to an activating group) is 1. The summed E-state index contributed by atoms with van der Waals surface area (Å²) in [6, 6.07) is 18.0. The molecule has 2 bridgehead atoms. The summed E-state index contributed by atoms with van der Waals surface area (Å²) >= 11 is 0. The first-order valence-electron chi connectivity index (χ1n) is 28.8. The van der Waals surface area contributed by atoms with E-state index >= 15 is 0 Å². The van der Waals surface area contributed by atoms with E-state index in [9.17, 15) is 28.4 Å². The molecule has 1 fully saturated rings. The lowest BCUT2D eigenvalue weighted by atomic mass is 9.83. The summed E-state index contributed by atoms with van der Waals surface area (Å²) in [5.74, 6) is -0.343. The van der Waals surface area contributed by atoms with Gasteiger partial charge in [-0.15, -0.1) is 0 Å². The average molecular weight is 1090 g/mol. The topological polar surface area (TPSA) is 209 Å². The number of halogens is 1. The first kappa shape index (κ1) is 57.3. The number of hydrogen-bond donors (Lipinski definition) is 5. The quantitative estimate of drug-likeness (QED) is 0.0499. The molecule has 5 heterocycles. The summed E-state index contributed by atoms with van der Waals surface area (Å²) in [6.07, 6.45) is 14.3. The number of rotatable bonds is 19. The van der Waals surface area contributed by atoms with E-state index in [1.807, 2.05) is 63.4 Å². The Bertz CT molecular complexity index is 3060. The number of amides is 5. The van der Waals surface area contributed by atoms with Crippen LogP contribution in [0.3, 0.4) is 0 Å². The smallest absolute Gasteiger partial charge is 0.254 e.